The molecule has 0 aromatic heterocycles. The highest BCUT2D eigenvalue weighted by Crippen LogP contribution is 2.41. The number of carbonyl (C=O) groups excluding carboxylic acids is 2. The maximum absolute atomic E-state index is 14.2. The van der Waals surface area contributed by atoms with Gasteiger partial charge < -0.3 is 58.5 Å². The van der Waals surface area contributed by atoms with Crippen LogP contribution in [0.2, 0.25) is 0 Å². The van der Waals surface area contributed by atoms with Gasteiger partial charge in [-0.05, 0) is 74.9 Å². The first kappa shape index (κ1) is 45.1. The van der Waals surface area contributed by atoms with Gasteiger partial charge in [0, 0.05) is 44.4 Å². The Morgan fingerprint density at radius 2 is 1.44 bits per heavy atom. The van der Waals surface area contributed by atoms with Crippen LogP contribution in [0.15, 0.2) is 0 Å². The Hall–Kier alpha value is -1.30. The number of carbonyl (C=O) groups is 2. The number of likely N-dealkylation sites (N-methyl/N-ethyl adjacent to an activating group) is 1. The summed E-state index contributed by atoms with van der Waals surface area (Å²) in [6.45, 7) is 17.1. The maximum atomic E-state index is 14.2. The lowest BCUT2D eigenvalue weighted by Crippen LogP contribution is -2.61. The topological polar surface area (TPSA) is 183 Å². The minimum Gasteiger partial charge on any atom is -0.459 e. The molecular weight excluding hydrogens is 678 g/mol. The highest BCUT2D eigenvalue weighted by atomic mass is 16.7. The van der Waals surface area contributed by atoms with Crippen molar-refractivity contribution in [2.75, 3.05) is 28.3 Å². The lowest BCUT2D eigenvalue weighted by atomic mass is 9.74. The molecule has 3 rings (SSSR count). The molecule has 0 bridgehead atoms. The number of ketones is 1. The van der Waals surface area contributed by atoms with Crippen molar-refractivity contribution < 1.29 is 63.2 Å². The standard InChI is InChI=1S/C38H69NO13/c1-15-26-38(10,45)31(42)21(4)28(40)19(2)17-37(9,47-14)33(52-35-29(41)25(39(11)12)16-20(3)48-35)22(5)30(23(6)34(44)50-26)51-27-18-36(8,46-13)32(43)24(7)49-27/h19-27,29-33,35,41-43,45H,15-18H2,1-14H3/t19-,20?,21+,22-,23-,24?,25?,26-,27?,29?,30+,31-,32?,33-,35?,36?,37-,38-/m1/s1. The van der Waals surface area contributed by atoms with Crippen LogP contribution in [0.25, 0.3) is 0 Å². The van der Waals surface area contributed by atoms with Crippen molar-refractivity contribution in [3.8, 4) is 0 Å². The molecule has 14 nitrogen and oxygen atoms in total. The summed E-state index contributed by atoms with van der Waals surface area (Å²) in [4.78, 5) is 30.1. The summed E-state index contributed by atoms with van der Waals surface area (Å²) in [5.74, 6) is -4.47. The predicted octanol–water partition coefficient (Wildman–Crippen LogP) is 2.44. The van der Waals surface area contributed by atoms with Gasteiger partial charge in [0.05, 0.1) is 47.6 Å². The summed E-state index contributed by atoms with van der Waals surface area (Å²) < 4.78 is 43.9. The molecule has 3 fully saturated rings. The molecule has 0 aromatic rings. The lowest BCUT2D eigenvalue weighted by molar-refractivity contribution is -0.319. The van der Waals surface area contributed by atoms with Crippen molar-refractivity contribution in [1.82, 2.24) is 4.90 Å². The molecule has 0 aliphatic carbocycles. The molecule has 52 heavy (non-hydrogen) atoms. The van der Waals surface area contributed by atoms with Crippen molar-refractivity contribution in [1.29, 1.82) is 0 Å². The van der Waals surface area contributed by atoms with Gasteiger partial charge in [-0.15, -0.1) is 0 Å². The van der Waals surface area contributed by atoms with Crippen LogP contribution >= 0.6 is 0 Å². The van der Waals surface area contributed by atoms with E-state index in [-0.39, 0.29) is 37.2 Å². The molecule has 304 valence electrons. The smallest absolute Gasteiger partial charge is 0.311 e. The fourth-order valence-corrected chi connectivity index (χ4v) is 8.58. The molecule has 0 saturated carbocycles. The van der Waals surface area contributed by atoms with E-state index in [1.807, 2.05) is 32.8 Å². The lowest BCUT2D eigenvalue weighted by Gasteiger charge is -2.50. The van der Waals surface area contributed by atoms with E-state index in [0.29, 0.717) is 6.42 Å². The second kappa shape index (κ2) is 17.7. The molecular formula is C38H69NO13. The number of esters is 1. The third-order valence-corrected chi connectivity index (χ3v) is 12.3. The van der Waals surface area contributed by atoms with Crippen LogP contribution in [0, 0.1) is 23.7 Å². The van der Waals surface area contributed by atoms with Crippen LogP contribution in [0.1, 0.15) is 94.9 Å². The monoisotopic (exact) mass is 747 g/mol. The summed E-state index contributed by atoms with van der Waals surface area (Å²) in [6.07, 6.45) is -8.73. The molecule has 8 unspecified atom stereocenters. The fourth-order valence-electron chi connectivity index (χ4n) is 8.58. The number of hydrogen-bond donors (Lipinski definition) is 4. The molecule has 3 aliphatic heterocycles. The SMILES string of the molecule is CC[C@H]1OC(=O)[C@H](C)[C@@H](OC2CC(C)(OC)C(O)C(C)O2)[C@@H](C)[C@@H](OC2OC(C)CC(N(C)C)C2O)[C@](C)(OC)C[C@@H](C)C(=O)[C@H](C)[C@@H](O)[C@]1(C)O. The number of Topliss-reactive ketones (excluding diaryl/α,β-unsaturated/α-hetero) is 1. The molecule has 0 spiro atoms. The van der Waals surface area contributed by atoms with Gasteiger partial charge in [0.2, 0.25) is 0 Å². The molecule has 4 N–H and O–H groups in total. The van der Waals surface area contributed by atoms with Gasteiger partial charge in [-0.1, -0.05) is 27.7 Å². The molecule has 3 heterocycles. The number of methoxy groups -OCH3 is 2. The second-order valence-electron chi connectivity index (χ2n) is 16.6. The van der Waals surface area contributed by atoms with Crippen molar-refractivity contribution in [3.63, 3.8) is 0 Å². The quantitative estimate of drug-likeness (QED) is 0.266. The van der Waals surface area contributed by atoms with E-state index in [4.69, 9.17) is 33.2 Å². The molecule has 3 saturated heterocycles. The van der Waals surface area contributed by atoms with Crippen LogP contribution in [0.5, 0.6) is 0 Å². The first-order chi connectivity index (χ1) is 24.0. The number of hydrogen-bond acceptors (Lipinski definition) is 14. The van der Waals surface area contributed by atoms with E-state index in [1.54, 1.807) is 48.5 Å². The van der Waals surface area contributed by atoms with Crippen molar-refractivity contribution in [3.05, 3.63) is 0 Å². The second-order valence-corrected chi connectivity index (χ2v) is 16.6. The average molecular weight is 748 g/mol. The predicted molar refractivity (Wildman–Crippen MR) is 191 cm³/mol. The highest BCUT2D eigenvalue weighted by Gasteiger charge is 2.54. The number of nitrogens with zero attached hydrogens (tertiary/aromatic N) is 1. The summed E-state index contributed by atoms with van der Waals surface area (Å²) in [5, 5.41) is 45.6. The van der Waals surface area contributed by atoms with E-state index in [1.165, 1.54) is 21.1 Å². The zero-order valence-corrected chi connectivity index (χ0v) is 33.9. The first-order valence-electron chi connectivity index (χ1n) is 18.9. The highest BCUT2D eigenvalue weighted by molar-refractivity contribution is 5.83. The molecule has 3 aliphatic rings. The Bertz CT molecular complexity index is 1190. The van der Waals surface area contributed by atoms with Gasteiger partial charge in [-0.2, -0.15) is 0 Å². The molecule has 0 radical (unpaired) electrons. The van der Waals surface area contributed by atoms with E-state index >= 15 is 0 Å². The van der Waals surface area contributed by atoms with Crippen molar-refractivity contribution in [2.45, 2.75) is 179 Å². The van der Waals surface area contributed by atoms with Gasteiger partial charge in [0.15, 0.2) is 12.6 Å². The minimum absolute atomic E-state index is 0.111. The van der Waals surface area contributed by atoms with Crippen LogP contribution in [-0.4, -0.2) is 150 Å². The normalized spacial score (nSPS) is 49.0. The number of rotatable bonds is 8. The molecule has 0 amide bonds. The number of ether oxygens (including phenoxy) is 7. The summed E-state index contributed by atoms with van der Waals surface area (Å²) in [7, 11) is 6.77. The van der Waals surface area contributed by atoms with Gasteiger partial charge in [0.1, 0.15) is 29.7 Å². The average Bonchev–Trinajstić information content (AvgIpc) is 3.09. The molecule has 18 atom stereocenters. The van der Waals surface area contributed by atoms with Crippen LogP contribution in [0.4, 0.5) is 0 Å². The fraction of sp³-hybridized carbons (Fsp3) is 0.947. The summed E-state index contributed by atoms with van der Waals surface area (Å²) in [5.41, 5.74) is -4.24. The van der Waals surface area contributed by atoms with Crippen LogP contribution in [0.3, 0.4) is 0 Å². The number of cyclic esters (lactones) is 1. The number of aliphatic hydroxyl groups is 4. The third-order valence-electron chi connectivity index (χ3n) is 12.3. The van der Waals surface area contributed by atoms with E-state index in [2.05, 4.69) is 0 Å². The van der Waals surface area contributed by atoms with Crippen LogP contribution < -0.4 is 0 Å². The van der Waals surface area contributed by atoms with E-state index < -0.39 is 102 Å². The van der Waals surface area contributed by atoms with Gasteiger partial charge >= 0.3 is 5.97 Å². The van der Waals surface area contributed by atoms with Crippen molar-refractivity contribution >= 4 is 11.8 Å². The summed E-state index contributed by atoms with van der Waals surface area (Å²) >= 11 is 0. The zero-order valence-electron chi connectivity index (χ0n) is 33.9. The minimum atomic E-state index is -1.96. The van der Waals surface area contributed by atoms with Gasteiger partial charge in [0.25, 0.3) is 0 Å². The summed E-state index contributed by atoms with van der Waals surface area (Å²) in [6, 6.07) is -0.283. The maximum Gasteiger partial charge on any atom is 0.311 e. The van der Waals surface area contributed by atoms with Gasteiger partial charge in [-0.25, -0.2) is 0 Å². The Morgan fingerprint density at radius 3 is 1.98 bits per heavy atom. The van der Waals surface area contributed by atoms with E-state index in [9.17, 15) is 30.0 Å². The van der Waals surface area contributed by atoms with Crippen LogP contribution in [-0.2, 0) is 42.7 Å². The zero-order chi connectivity index (χ0) is 39.7. The Morgan fingerprint density at radius 1 is 0.846 bits per heavy atom. The van der Waals surface area contributed by atoms with Crippen molar-refractivity contribution in [2.24, 2.45) is 23.7 Å². The Kier molecular flexibility index (Phi) is 15.3. The molecule has 14 heteroatoms. The number of aliphatic hydroxyl groups excluding tert-OH is 3. The Balaban J connectivity index is 2.22. The first-order valence-corrected chi connectivity index (χ1v) is 18.9. The van der Waals surface area contributed by atoms with Gasteiger partial charge in [-0.3, -0.25) is 9.59 Å². The largest absolute Gasteiger partial charge is 0.459 e. The third kappa shape index (κ3) is 9.38. The Labute approximate surface area is 310 Å². The molecule has 0 aromatic carbocycles. The van der Waals surface area contributed by atoms with E-state index in [0.717, 1.165) is 0 Å².